The molecule has 4 heterocycles. The van der Waals surface area contributed by atoms with Crippen molar-refractivity contribution in [2.75, 3.05) is 5.32 Å². The number of carbonyl (C=O) groups excluding carboxylic acids is 2. The molecule has 0 radical (unpaired) electrons. The number of fused-ring (bicyclic) bond motifs is 2. The predicted molar refractivity (Wildman–Crippen MR) is 128 cm³/mol. The Bertz CT molecular complexity index is 1120. The summed E-state index contributed by atoms with van der Waals surface area (Å²) in [7, 11) is 0. The molecule has 176 valence electrons. The van der Waals surface area contributed by atoms with Crippen LogP contribution in [0.5, 0.6) is 0 Å². The Morgan fingerprint density at radius 2 is 1.65 bits per heavy atom. The van der Waals surface area contributed by atoms with Gasteiger partial charge in [-0.1, -0.05) is 6.92 Å². The van der Waals surface area contributed by atoms with Crippen molar-refractivity contribution in [2.45, 2.75) is 57.5 Å². The number of anilines is 1. The average Bonchev–Trinajstić information content (AvgIpc) is 3.19. The molecule has 3 N–H and O–H groups in total. The van der Waals surface area contributed by atoms with Gasteiger partial charge in [0.25, 0.3) is 0 Å². The van der Waals surface area contributed by atoms with Gasteiger partial charge in [-0.25, -0.2) is 14.8 Å². The van der Waals surface area contributed by atoms with Crippen LogP contribution in [0.3, 0.4) is 0 Å². The second-order valence-electron chi connectivity index (χ2n) is 8.97. The first-order chi connectivity index (χ1) is 16.6. The minimum absolute atomic E-state index is 0.0222. The molecule has 10 nitrogen and oxygen atoms in total. The van der Waals surface area contributed by atoms with E-state index in [9.17, 15) is 9.59 Å². The molecule has 4 atom stereocenters. The molecule has 10 heteroatoms. The average molecular weight is 461 g/mol. The lowest BCUT2D eigenvalue weighted by Crippen LogP contribution is -2.42. The SMILES string of the molecule is CCCC(=O)Nc1ccc(C2=NN=C(c3ncccn3)C3CCC4NC(=O)NC4CCC23)nc1. The molecule has 2 aromatic rings. The molecule has 4 unspecified atom stereocenters. The first-order valence-corrected chi connectivity index (χ1v) is 11.9. The van der Waals surface area contributed by atoms with Gasteiger partial charge in [-0.15, -0.1) is 0 Å². The van der Waals surface area contributed by atoms with Crippen molar-refractivity contribution < 1.29 is 9.59 Å². The van der Waals surface area contributed by atoms with Gasteiger partial charge in [0.05, 0.1) is 35.4 Å². The van der Waals surface area contributed by atoms with Crippen LogP contribution in [-0.2, 0) is 4.79 Å². The molecule has 1 saturated carbocycles. The maximum Gasteiger partial charge on any atom is 0.315 e. The second kappa shape index (κ2) is 9.66. The Hall–Kier alpha value is -3.69. The molecular formula is C24H28N8O2. The van der Waals surface area contributed by atoms with E-state index in [-0.39, 0.29) is 35.9 Å². The van der Waals surface area contributed by atoms with Gasteiger partial charge in [0.15, 0.2) is 5.82 Å². The maximum atomic E-state index is 11.9. The van der Waals surface area contributed by atoms with Crippen LogP contribution in [0.1, 0.15) is 57.0 Å². The summed E-state index contributed by atoms with van der Waals surface area (Å²) in [6, 6.07) is 5.64. The van der Waals surface area contributed by atoms with Crippen molar-refractivity contribution in [3.8, 4) is 0 Å². The molecule has 0 aromatic carbocycles. The minimum Gasteiger partial charge on any atom is -0.333 e. The van der Waals surface area contributed by atoms with Crippen LogP contribution in [0.25, 0.3) is 0 Å². The van der Waals surface area contributed by atoms with E-state index in [1.807, 2.05) is 19.1 Å². The number of amides is 3. The fourth-order valence-corrected chi connectivity index (χ4v) is 5.11. The van der Waals surface area contributed by atoms with Crippen LogP contribution >= 0.6 is 0 Å². The zero-order valence-corrected chi connectivity index (χ0v) is 19.1. The van der Waals surface area contributed by atoms with Crippen molar-refractivity contribution in [3.63, 3.8) is 0 Å². The second-order valence-corrected chi connectivity index (χ2v) is 8.97. The molecule has 0 spiro atoms. The van der Waals surface area contributed by atoms with E-state index in [4.69, 9.17) is 0 Å². The number of aromatic nitrogens is 3. The fraction of sp³-hybridized carbons (Fsp3) is 0.458. The first kappa shape index (κ1) is 22.1. The summed E-state index contributed by atoms with van der Waals surface area (Å²) in [6.07, 6.45) is 9.69. The van der Waals surface area contributed by atoms with Crippen LogP contribution in [0, 0.1) is 11.8 Å². The number of carbonyl (C=O) groups is 2. The highest BCUT2D eigenvalue weighted by Crippen LogP contribution is 2.36. The Balaban J connectivity index is 1.45. The van der Waals surface area contributed by atoms with Crippen LogP contribution in [0.4, 0.5) is 10.5 Å². The Morgan fingerprint density at radius 1 is 0.971 bits per heavy atom. The number of pyridine rings is 1. The Labute approximate surface area is 197 Å². The third-order valence-electron chi connectivity index (χ3n) is 6.73. The maximum absolute atomic E-state index is 11.9. The number of rotatable bonds is 5. The smallest absolute Gasteiger partial charge is 0.315 e. The van der Waals surface area contributed by atoms with E-state index >= 15 is 0 Å². The van der Waals surface area contributed by atoms with E-state index < -0.39 is 0 Å². The summed E-state index contributed by atoms with van der Waals surface area (Å²) in [5, 5.41) is 18.2. The van der Waals surface area contributed by atoms with E-state index in [1.165, 1.54) is 0 Å². The number of nitrogens with zero attached hydrogens (tertiary/aromatic N) is 5. The molecule has 0 bridgehead atoms. The lowest BCUT2D eigenvalue weighted by molar-refractivity contribution is -0.116. The Kier molecular flexibility index (Phi) is 6.29. The van der Waals surface area contributed by atoms with Crippen molar-refractivity contribution in [3.05, 3.63) is 48.3 Å². The third-order valence-corrected chi connectivity index (χ3v) is 6.73. The third kappa shape index (κ3) is 4.52. The molecule has 2 aliphatic heterocycles. The van der Waals surface area contributed by atoms with Gasteiger partial charge in [0.2, 0.25) is 5.91 Å². The molecule has 34 heavy (non-hydrogen) atoms. The van der Waals surface area contributed by atoms with Crippen LogP contribution in [-0.4, -0.2) is 50.4 Å². The van der Waals surface area contributed by atoms with Gasteiger partial charge in [-0.2, -0.15) is 10.2 Å². The fourth-order valence-electron chi connectivity index (χ4n) is 5.11. The van der Waals surface area contributed by atoms with Gasteiger partial charge in [0, 0.05) is 30.7 Å². The summed E-state index contributed by atoms with van der Waals surface area (Å²) >= 11 is 0. The topological polar surface area (TPSA) is 134 Å². The van der Waals surface area contributed by atoms with E-state index in [0.29, 0.717) is 17.9 Å². The molecule has 1 aliphatic carbocycles. The lowest BCUT2D eigenvalue weighted by atomic mass is 9.73. The molecule has 3 amide bonds. The quantitative estimate of drug-likeness (QED) is 0.631. The summed E-state index contributed by atoms with van der Waals surface area (Å²) in [6.45, 7) is 1.97. The molecule has 1 saturated heterocycles. The molecule has 2 aromatic heterocycles. The molecular weight excluding hydrogens is 432 g/mol. The number of urea groups is 1. The number of hydrogen-bond acceptors (Lipinski definition) is 7. The van der Waals surface area contributed by atoms with Crippen LogP contribution in [0.15, 0.2) is 47.0 Å². The highest BCUT2D eigenvalue weighted by Gasteiger charge is 2.41. The number of nitrogens with one attached hydrogen (secondary N) is 3. The summed E-state index contributed by atoms with van der Waals surface area (Å²) in [5.74, 6) is 0.709. The van der Waals surface area contributed by atoms with Crippen molar-refractivity contribution >= 4 is 29.0 Å². The van der Waals surface area contributed by atoms with Gasteiger partial charge in [0.1, 0.15) is 5.71 Å². The molecule has 5 rings (SSSR count). The van der Waals surface area contributed by atoms with Crippen molar-refractivity contribution in [1.82, 2.24) is 25.6 Å². The molecule has 2 fully saturated rings. The minimum atomic E-state index is -0.101. The van der Waals surface area contributed by atoms with Gasteiger partial charge >= 0.3 is 6.03 Å². The zero-order chi connectivity index (χ0) is 23.5. The first-order valence-electron chi connectivity index (χ1n) is 11.9. The van der Waals surface area contributed by atoms with Gasteiger partial charge in [-0.3, -0.25) is 9.78 Å². The van der Waals surface area contributed by atoms with Crippen LogP contribution in [0.2, 0.25) is 0 Å². The van der Waals surface area contributed by atoms with E-state index in [0.717, 1.165) is 49.2 Å². The van der Waals surface area contributed by atoms with Crippen LogP contribution < -0.4 is 16.0 Å². The summed E-state index contributed by atoms with van der Waals surface area (Å²) in [5.41, 5.74) is 3.02. The van der Waals surface area contributed by atoms with Gasteiger partial charge < -0.3 is 16.0 Å². The van der Waals surface area contributed by atoms with E-state index in [1.54, 1.807) is 24.7 Å². The molecule has 3 aliphatic rings. The highest BCUT2D eigenvalue weighted by atomic mass is 16.2. The van der Waals surface area contributed by atoms with Crippen molar-refractivity contribution in [1.29, 1.82) is 0 Å². The zero-order valence-electron chi connectivity index (χ0n) is 19.1. The Morgan fingerprint density at radius 3 is 2.29 bits per heavy atom. The van der Waals surface area contributed by atoms with Gasteiger partial charge in [-0.05, 0) is 50.3 Å². The largest absolute Gasteiger partial charge is 0.333 e. The van der Waals surface area contributed by atoms with Crippen molar-refractivity contribution in [2.24, 2.45) is 22.0 Å². The predicted octanol–water partition coefficient (Wildman–Crippen LogP) is 2.67. The monoisotopic (exact) mass is 460 g/mol. The summed E-state index contributed by atoms with van der Waals surface area (Å²) < 4.78 is 0. The lowest BCUT2D eigenvalue weighted by Gasteiger charge is -2.35. The highest BCUT2D eigenvalue weighted by molar-refractivity contribution is 6.09. The number of hydrogen-bond donors (Lipinski definition) is 3. The standard InChI is InChI=1S/C24H28N8O2/c1-2-4-20(33)28-14-5-8-19(27-13-14)21-15-6-9-17-18(30-24(34)29-17)10-7-16(15)22(32-31-21)23-25-11-3-12-26-23/h3,5,8,11-13,15-18H,2,4,6-7,9-10H2,1H3,(H,28,33)(H2,29,30,34). The van der Waals surface area contributed by atoms with E-state index in [2.05, 4.69) is 41.1 Å². The normalized spacial score (nSPS) is 26.0. The summed E-state index contributed by atoms with van der Waals surface area (Å²) in [4.78, 5) is 37.3.